The minimum Gasteiger partial charge on any atom is -0.486 e. The van der Waals surface area contributed by atoms with Gasteiger partial charge in [-0.15, -0.1) is 0 Å². The van der Waals surface area contributed by atoms with Crippen molar-refractivity contribution in [3.8, 4) is 5.75 Å². The molecular weight excluding hydrogens is 186 g/mol. The monoisotopic (exact) mass is 203 g/mol. The first-order chi connectivity index (χ1) is 7.38. The lowest BCUT2D eigenvalue weighted by atomic mass is 10.1. The van der Waals surface area contributed by atoms with Gasteiger partial charge in [0.2, 0.25) is 0 Å². The summed E-state index contributed by atoms with van der Waals surface area (Å²) in [4.78, 5) is 0. The average molecular weight is 203 g/mol. The van der Waals surface area contributed by atoms with E-state index in [2.05, 4.69) is 12.2 Å². The molecule has 1 aromatic carbocycles. The first kappa shape index (κ1) is 10.2. The Morgan fingerprint density at radius 1 is 1.40 bits per heavy atom. The molecule has 1 aliphatic rings. The van der Waals surface area contributed by atoms with E-state index >= 15 is 0 Å². The van der Waals surface area contributed by atoms with E-state index in [0.717, 1.165) is 17.7 Å². The molecule has 80 valence electrons. The van der Waals surface area contributed by atoms with Crippen LogP contribution in [0.25, 0.3) is 0 Å². The smallest absolute Gasteiger partial charge is 0.120 e. The number of ether oxygens (including phenoxy) is 1. The van der Waals surface area contributed by atoms with Crippen molar-refractivity contribution in [3.63, 3.8) is 0 Å². The van der Waals surface area contributed by atoms with Crippen molar-refractivity contribution < 1.29 is 4.74 Å². The number of benzene rings is 1. The highest BCUT2D eigenvalue weighted by atomic mass is 16.5. The molecule has 2 nitrogen and oxygen atoms in total. The van der Waals surface area contributed by atoms with Gasteiger partial charge in [-0.1, -0.05) is 18.2 Å². The molecule has 0 aliphatic heterocycles. The van der Waals surface area contributed by atoms with Crippen molar-refractivity contribution in [2.24, 2.45) is 5.73 Å². The van der Waals surface area contributed by atoms with E-state index < -0.39 is 0 Å². The molecule has 2 heteroatoms. The van der Waals surface area contributed by atoms with Gasteiger partial charge in [0.05, 0.1) is 0 Å². The van der Waals surface area contributed by atoms with Crippen LogP contribution in [-0.4, -0.2) is 6.10 Å². The SMILES string of the molecule is NCc1cccc(OC2C=CCCC2)c1. The molecule has 0 fully saturated rings. The Morgan fingerprint density at radius 2 is 2.33 bits per heavy atom. The lowest BCUT2D eigenvalue weighted by molar-refractivity contribution is 0.230. The maximum absolute atomic E-state index is 5.86. The van der Waals surface area contributed by atoms with Crippen LogP contribution in [0.5, 0.6) is 5.75 Å². The molecule has 0 aromatic heterocycles. The van der Waals surface area contributed by atoms with E-state index in [1.54, 1.807) is 0 Å². The summed E-state index contributed by atoms with van der Waals surface area (Å²) in [6.07, 6.45) is 8.11. The summed E-state index contributed by atoms with van der Waals surface area (Å²) >= 11 is 0. The molecule has 0 radical (unpaired) electrons. The molecule has 1 unspecified atom stereocenters. The van der Waals surface area contributed by atoms with Crippen LogP contribution in [0.3, 0.4) is 0 Å². The topological polar surface area (TPSA) is 35.2 Å². The standard InChI is InChI=1S/C13H17NO/c14-10-11-5-4-8-13(9-11)15-12-6-2-1-3-7-12/h2,4-6,8-9,12H,1,3,7,10,14H2. The van der Waals surface area contributed by atoms with Crippen molar-refractivity contribution in [3.05, 3.63) is 42.0 Å². The van der Waals surface area contributed by atoms with Crippen molar-refractivity contribution in [1.82, 2.24) is 0 Å². The molecule has 0 saturated carbocycles. The summed E-state index contributed by atoms with van der Waals surface area (Å²) in [5.74, 6) is 0.925. The van der Waals surface area contributed by atoms with E-state index in [4.69, 9.17) is 10.5 Å². The highest BCUT2D eigenvalue weighted by Gasteiger charge is 2.09. The van der Waals surface area contributed by atoms with Gasteiger partial charge in [-0.2, -0.15) is 0 Å². The Kier molecular flexibility index (Phi) is 3.41. The van der Waals surface area contributed by atoms with E-state index in [1.165, 1.54) is 12.8 Å². The Labute approximate surface area is 90.7 Å². The molecule has 0 spiro atoms. The zero-order valence-corrected chi connectivity index (χ0v) is 8.86. The Morgan fingerprint density at radius 3 is 3.07 bits per heavy atom. The second-order valence-corrected chi connectivity index (χ2v) is 3.87. The fourth-order valence-electron chi connectivity index (χ4n) is 1.80. The number of rotatable bonds is 3. The van der Waals surface area contributed by atoms with Crippen molar-refractivity contribution in [2.45, 2.75) is 31.9 Å². The minimum absolute atomic E-state index is 0.242. The molecule has 2 rings (SSSR count). The largest absolute Gasteiger partial charge is 0.486 e. The van der Waals surface area contributed by atoms with Crippen LogP contribution in [0.4, 0.5) is 0 Å². The maximum atomic E-state index is 5.86. The number of nitrogens with two attached hydrogens (primary N) is 1. The highest BCUT2D eigenvalue weighted by Crippen LogP contribution is 2.19. The maximum Gasteiger partial charge on any atom is 0.120 e. The number of hydrogen-bond donors (Lipinski definition) is 1. The Balaban J connectivity index is 2.03. The first-order valence-electron chi connectivity index (χ1n) is 5.51. The summed E-state index contributed by atoms with van der Waals surface area (Å²) in [5, 5.41) is 0. The van der Waals surface area contributed by atoms with Crippen LogP contribution in [0, 0.1) is 0 Å². The van der Waals surface area contributed by atoms with Crippen LogP contribution in [0.1, 0.15) is 24.8 Å². The van der Waals surface area contributed by atoms with Crippen LogP contribution in [0.15, 0.2) is 36.4 Å². The third kappa shape index (κ3) is 2.83. The van der Waals surface area contributed by atoms with Gasteiger partial charge >= 0.3 is 0 Å². The molecule has 15 heavy (non-hydrogen) atoms. The molecule has 2 N–H and O–H groups in total. The first-order valence-corrected chi connectivity index (χ1v) is 5.51. The van der Waals surface area contributed by atoms with E-state index in [9.17, 15) is 0 Å². The van der Waals surface area contributed by atoms with Gasteiger partial charge in [-0.05, 0) is 43.0 Å². The Bertz CT molecular complexity index is 346. The quantitative estimate of drug-likeness (QED) is 0.766. The minimum atomic E-state index is 0.242. The van der Waals surface area contributed by atoms with E-state index in [0.29, 0.717) is 6.54 Å². The van der Waals surface area contributed by atoms with Gasteiger partial charge in [0.25, 0.3) is 0 Å². The van der Waals surface area contributed by atoms with Gasteiger partial charge in [0.1, 0.15) is 11.9 Å². The van der Waals surface area contributed by atoms with Gasteiger partial charge in [-0.25, -0.2) is 0 Å². The number of allylic oxidation sites excluding steroid dienone is 1. The molecular formula is C13H17NO. The molecule has 0 saturated heterocycles. The molecule has 0 bridgehead atoms. The van der Waals surface area contributed by atoms with Crippen molar-refractivity contribution in [2.75, 3.05) is 0 Å². The van der Waals surface area contributed by atoms with Gasteiger partial charge in [-0.3, -0.25) is 0 Å². The number of hydrogen-bond acceptors (Lipinski definition) is 2. The molecule has 1 atom stereocenters. The fourth-order valence-corrected chi connectivity index (χ4v) is 1.80. The van der Waals surface area contributed by atoms with Crippen LogP contribution < -0.4 is 10.5 Å². The summed E-state index contributed by atoms with van der Waals surface area (Å²) in [6.45, 7) is 0.567. The fraction of sp³-hybridized carbons (Fsp3) is 0.385. The van der Waals surface area contributed by atoms with Crippen molar-refractivity contribution >= 4 is 0 Å². The van der Waals surface area contributed by atoms with E-state index in [1.807, 2.05) is 24.3 Å². The van der Waals surface area contributed by atoms with Crippen LogP contribution >= 0.6 is 0 Å². The summed E-state index contributed by atoms with van der Waals surface area (Å²) < 4.78 is 5.86. The third-order valence-corrected chi connectivity index (χ3v) is 2.63. The zero-order chi connectivity index (χ0) is 10.5. The van der Waals surface area contributed by atoms with Crippen LogP contribution in [-0.2, 0) is 6.54 Å². The molecule has 0 heterocycles. The Hall–Kier alpha value is -1.28. The predicted molar refractivity (Wildman–Crippen MR) is 61.7 cm³/mol. The molecule has 1 aromatic rings. The van der Waals surface area contributed by atoms with Gasteiger partial charge in [0.15, 0.2) is 0 Å². The molecule has 1 aliphatic carbocycles. The van der Waals surface area contributed by atoms with E-state index in [-0.39, 0.29) is 6.10 Å². The summed E-state index contributed by atoms with van der Waals surface area (Å²) in [6, 6.07) is 8.01. The summed E-state index contributed by atoms with van der Waals surface area (Å²) in [5.41, 5.74) is 6.70. The lowest BCUT2D eigenvalue weighted by Crippen LogP contribution is -2.15. The second kappa shape index (κ2) is 4.99. The average Bonchev–Trinajstić information content (AvgIpc) is 2.31. The van der Waals surface area contributed by atoms with Crippen LogP contribution in [0.2, 0.25) is 0 Å². The third-order valence-electron chi connectivity index (χ3n) is 2.63. The summed E-state index contributed by atoms with van der Waals surface area (Å²) in [7, 11) is 0. The highest BCUT2D eigenvalue weighted by molar-refractivity contribution is 5.28. The second-order valence-electron chi connectivity index (χ2n) is 3.87. The van der Waals surface area contributed by atoms with Gasteiger partial charge < -0.3 is 10.5 Å². The van der Waals surface area contributed by atoms with Crippen molar-refractivity contribution in [1.29, 1.82) is 0 Å². The normalized spacial score (nSPS) is 20.2. The van der Waals surface area contributed by atoms with Gasteiger partial charge in [0, 0.05) is 6.54 Å². The predicted octanol–water partition coefficient (Wildman–Crippen LogP) is 2.63. The molecule has 0 amide bonds. The lowest BCUT2D eigenvalue weighted by Gasteiger charge is -2.18. The zero-order valence-electron chi connectivity index (χ0n) is 8.86.